The fraction of sp³-hybridized carbons (Fsp3) is 0.0714. The molecule has 0 atom stereocenters. The lowest BCUT2D eigenvalue weighted by molar-refractivity contribution is 0.418. The Morgan fingerprint density at radius 1 is 0.468 bits per heavy atom. The van der Waals surface area contributed by atoms with E-state index in [1.807, 2.05) is 78.9 Å². The van der Waals surface area contributed by atoms with E-state index in [0.717, 1.165) is 61.3 Å². The van der Waals surface area contributed by atoms with Crippen LogP contribution in [0.5, 0.6) is 11.5 Å². The van der Waals surface area contributed by atoms with E-state index in [4.69, 9.17) is 24.1 Å². The largest absolute Gasteiger partial charge is 0.457 e. The Kier molecular flexibility index (Phi) is 6.09. The van der Waals surface area contributed by atoms with Crippen molar-refractivity contribution in [3.05, 3.63) is 151 Å². The van der Waals surface area contributed by atoms with Crippen molar-refractivity contribution < 1.29 is 9.15 Å². The normalized spacial score (nSPS) is 13.2. The number of ether oxygens (including phenoxy) is 1. The molecule has 0 aliphatic carbocycles. The van der Waals surface area contributed by atoms with E-state index in [-0.39, 0.29) is 5.41 Å². The molecule has 0 N–H and O–H groups in total. The number of rotatable bonds is 4. The van der Waals surface area contributed by atoms with Crippen LogP contribution in [0, 0.1) is 0 Å². The molecule has 8 aromatic rings. The number of furan rings is 1. The van der Waals surface area contributed by atoms with E-state index in [0.29, 0.717) is 17.5 Å². The smallest absolute Gasteiger partial charge is 0.164 e. The minimum absolute atomic E-state index is 0.166. The van der Waals surface area contributed by atoms with Crippen LogP contribution < -0.4 is 4.74 Å². The van der Waals surface area contributed by atoms with Crippen molar-refractivity contribution in [1.29, 1.82) is 0 Å². The van der Waals surface area contributed by atoms with Crippen molar-refractivity contribution in [3.63, 3.8) is 0 Å². The van der Waals surface area contributed by atoms with Crippen LogP contribution in [0.2, 0.25) is 0 Å². The van der Waals surface area contributed by atoms with Gasteiger partial charge in [0, 0.05) is 49.6 Å². The number of aromatic nitrogens is 3. The average molecular weight is 608 g/mol. The summed E-state index contributed by atoms with van der Waals surface area (Å²) in [6.45, 7) is 4.51. The van der Waals surface area contributed by atoms with E-state index in [1.165, 1.54) is 11.1 Å². The summed E-state index contributed by atoms with van der Waals surface area (Å²) >= 11 is 0. The van der Waals surface area contributed by atoms with Crippen molar-refractivity contribution in [2.75, 3.05) is 0 Å². The predicted octanol–water partition coefficient (Wildman–Crippen LogP) is 10.9. The molecule has 1 aliphatic heterocycles. The van der Waals surface area contributed by atoms with Crippen LogP contribution in [0.4, 0.5) is 0 Å². The highest BCUT2D eigenvalue weighted by Crippen LogP contribution is 2.49. The van der Waals surface area contributed by atoms with Crippen molar-refractivity contribution in [3.8, 4) is 56.8 Å². The van der Waals surface area contributed by atoms with Crippen molar-refractivity contribution in [2.45, 2.75) is 19.3 Å². The second-order valence-corrected chi connectivity index (χ2v) is 12.5. The molecule has 0 amide bonds. The SMILES string of the molecule is CC1(C)c2ccccc2Oc2cc(-c3cccc4c3oc3cc(-c5nc(-c6ccccc6)nc(-c6ccccc6)n5)ccc34)ccc21. The fourth-order valence-electron chi connectivity index (χ4n) is 6.73. The first-order chi connectivity index (χ1) is 23.0. The first-order valence-electron chi connectivity index (χ1n) is 15.8. The summed E-state index contributed by atoms with van der Waals surface area (Å²) in [5.74, 6) is 3.62. The Hall–Kier alpha value is -6.07. The Morgan fingerprint density at radius 3 is 1.81 bits per heavy atom. The van der Waals surface area contributed by atoms with Crippen molar-refractivity contribution >= 4 is 21.9 Å². The molecule has 224 valence electrons. The van der Waals surface area contributed by atoms with Gasteiger partial charge < -0.3 is 9.15 Å². The zero-order chi connectivity index (χ0) is 31.5. The second-order valence-electron chi connectivity index (χ2n) is 12.5. The van der Waals surface area contributed by atoms with E-state index in [1.54, 1.807) is 0 Å². The van der Waals surface area contributed by atoms with Crippen LogP contribution in [0.1, 0.15) is 25.0 Å². The Labute approximate surface area is 272 Å². The number of nitrogens with zero attached hydrogens (tertiary/aromatic N) is 3. The van der Waals surface area contributed by atoms with Crippen molar-refractivity contribution in [1.82, 2.24) is 15.0 Å². The van der Waals surface area contributed by atoms with Gasteiger partial charge in [-0.05, 0) is 29.8 Å². The lowest BCUT2D eigenvalue weighted by Gasteiger charge is -2.34. The topological polar surface area (TPSA) is 61.0 Å². The van der Waals surface area contributed by atoms with Gasteiger partial charge in [-0.2, -0.15) is 0 Å². The van der Waals surface area contributed by atoms with Gasteiger partial charge in [0.1, 0.15) is 22.7 Å². The Morgan fingerprint density at radius 2 is 1.09 bits per heavy atom. The average Bonchev–Trinajstić information content (AvgIpc) is 3.50. The molecule has 0 spiro atoms. The summed E-state index contributed by atoms with van der Waals surface area (Å²) in [7, 11) is 0. The molecule has 47 heavy (non-hydrogen) atoms. The van der Waals surface area contributed by atoms with Gasteiger partial charge in [0.05, 0.1) is 0 Å². The predicted molar refractivity (Wildman–Crippen MR) is 187 cm³/mol. The molecule has 0 radical (unpaired) electrons. The second kappa shape index (κ2) is 10.5. The van der Waals surface area contributed by atoms with Crippen LogP contribution in [0.25, 0.3) is 67.2 Å². The van der Waals surface area contributed by atoms with Crippen LogP contribution in [0.15, 0.2) is 144 Å². The number of para-hydroxylation sites is 2. The molecule has 5 nitrogen and oxygen atoms in total. The maximum Gasteiger partial charge on any atom is 0.164 e. The summed E-state index contributed by atoms with van der Waals surface area (Å²) < 4.78 is 13.1. The monoisotopic (exact) mass is 607 g/mol. The highest BCUT2D eigenvalue weighted by molar-refractivity contribution is 6.10. The minimum atomic E-state index is -0.166. The molecule has 3 heterocycles. The van der Waals surface area contributed by atoms with Crippen LogP contribution in [0.3, 0.4) is 0 Å². The molecular weight excluding hydrogens is 578 g/mol. The lowest BCUT2D eigenvalue weighted by atomic mass is 9.75. The van der Waals surface area contributed by atoms with Crippen molar-refractivity contribution in [2.24, 2.45) is 0 Å². The van der Waals surface area contributed by atoms with Gasteiger partial charge in [-0.25, -0.2) is 15.0 Å². The van der Waals surface area contributed by atoms with Crippen LogP contribution >= 0.6 is 0 Å². The summed E-state index contributed by atoms with van der Waals surface area (Å²) in [4.78, 5) is 14.7. The highest BCUT2D eigenvalue weighted by Gasteiger charge is 2.34. The third-order valence-corrected chi connectivity index (χ3v) is 9.20. The molecule has 9 rings (SSSR count). The van der Waals surface area contributed by atoms with Gasteiger partial charge in [-0.1, -0.05) is 129 Å². The van der Waals surface area contributed by atoms with Gasteiger partial charge in [-0.15, -0.1) is 0 Å². The molecule has 0 unspecified atom stereocenters. The van der Waals surface area contributed by atoms with Gasteiger partial charge in [-0.3, -0.25) is 0 Å². The third-order valence-electron chi connectivity index (χ3n) is 9.20. The first-order valence-corrected chi connectivity index (χ1v) is 15.8. The van der Waals surface area contributed by atoms with Gasteiger partial charge in [0.25, 0.3) is 0 Å². The highest BCUT2D eigenvalue weighted by atomic mass is 16.5. The summed E-state index contributed by atoms with van der Waals surface area (Å²) in [6, 6.07) is 47.3. The number of hydrogen-bond donors (Lipinski definition) is 0. The maximum absolute atomic E-state index is 6.66. The number of hydrogen-bond acceptors (Lipinski definition) is 5. The van der Waals surface area contributed by atoms with Crippen LogP contribution in [-0.4, -0.2) is 15.0 Å². The summed E-state index contributed by atoms with van der Waals surface area (Å²) in [6.07, 6.45) is 0. The molecule has 6 aromatic carbocycles. The zero-order valence-electron chi connectivity index (χ0n) is 25.9. The van der Waals surface area contributed by atoms with Gasteiger partial charge in [0.2, 0.25) is 0 Å². The number of benzene rings is 6. The Bertz CT molecular complexity index is 2410. The molecule has 0 saturated carbocycles. The molecule has 0 bridgehead atoms. The molecule has 5 heteroatoms. The molecule has 0 saturated heterocycles. The van der Waals surface area contributed by atoms with Gasteiger partial charge in [0.15, 0.2) is 17.5 Å². The number of fused-ring (bicyclic) bond motifs is 5. The summed E-state index contributed by atoms with van der Waals surface area (Å²) in [5, 5.41) is 2.09. The Balaban J connectivity index is 1.16. The minimum Gasteiger partial charge on any atom is -0.457 e. The summed E-state index contributed by atoms with van der Waals surface area (Å²) in [5.41, 5.74) is 8.59. The maximum atomic E-state index is 6.66. The van der Waals surface area contributed by atoms with E-state index >= 15 is 0 Å². The van der Waals surface area contributed by atoms with E-state index in [2.05, 4.69) is 74.5 Å². The third kappa shape index (κ3) is 4.50. The molecule has 2 aromatic heterocycles. The van der Waals surface area contributed by atoms with E-state index in [9.17, 15) is 0 Å². The lowest BCUT2D eigenvalue weighted by Crippen LogP contribution is -2.24. The van der Waals surface area contributed by atoms with Gasteiger partial charge >= 0.3 is 0 Å². The molecule has 1 aliphatic rings. The zero-order valence-corrected chi connectivity index (χ0v) is 25.9. The quantitative estimate of drug-likeness (QED) is 0.199. The first kappa shape index (κ1) is 27.3. The fourth-order valence-corrected chi connectivity index (χ4v) is 6.73. The standard InChI is InChI=1S/C42H29N3O2/c1-42(2)33-18-9-10-19-35(33)46-37-24-28(21-23-34(37)42)30-16-11-17-32-31-22-20-29(25-36(31)47-38(30)32)41-44-39(26-12-5-3-6-13-26)43-40(45-41)27-14-7-4-8-15-27/h3-25H,1-2H3. The van der Waals surface area contributed by atoms with Crippen LogP contribution in [-0.2, 0) is 5.41 Å². The van der Waals surface area contributed by atoms with E-state index < -0.39 is 0 Å². The molecule has 0 fully saturated rings. The molecular formula is C42H29N3O2.